The molecule has 14 atom stereocenters. The van der Waals surface area contributed by atoms with Gasteiger partial charge in [0.1, 0.15) is 30.5 Å². The highest BCUT2D eigenvalue weighted by Crippen LogP contribution is 2.36. The smallest absolute Gasteiger partial charge is 0.250 e. The van der Waals surface area contributed by atoms with Crippen molar-refractivity contribution < 1.29 is 44.5 Å². The summed E-state index contributed by atoms with van der Waals surface area (Å²) < 4.78 is 18.1. The van der Waals surface area contributed by atoms with Crippen molar-refractivity contribution in [3.05, 3.63) is 0 Å². The number of carbonyl (C=O) groups is 1. The number of nitrogens with one attached hydrogen (secondary N) is 2. The second-order valence-corrected chi connectivity index (χ2v) is 12.4. The maximum atomic E-state index is 12.6. The molecule has 4 aliphatic rings. The third-order valence-corrected chi connectivity index (χ3v) is 9.28. The van der Waals surface area contributed by atoms with Crippen LogP contribution in [0.2, 0.25) is 0 Å². The fourth-order valence-corrected chi connectivity index (χ4v) is 6.68. The van der Waals surface area contributed by atoms with Crippen LogP contribution in [0.5, 0.6) is 0 Å². The predicted octanol–water partition coefficient (Wildman–Crippen LogP) is -6.15. The zero-order chi connectivity index (χ0) is 30.7. The maximum Gasteiger partial charge on any atom is 0.250 e. The molecule has 4 rings (SSSR count). The van der Waals surface area contributed by atoms with E-state index in [-0.39, 0.29) is 25.1 Å². The van der Waals surface area contributed by atoms with Gasteiger partial charge in [-0.25, -0.2) is 0 Å². The molecule has 17 N–H and O–H groups in total. The van der Waals surface area contributed by atoms with E-state index < -0.39 is 91.6 Å². The van der Waals surface area contributed by atoms with Gasteiger partial charge in [0.15, 0.2) is 6.29 Å². The largest absolute Gasteiger partial charge is 0.394 e. The van der Waals surface area contributed by atoms with Crippen LogP contribution in [0.15, 0.2) is 0 Å². The van der Waals surface area contributed by atoms with Crippen LogP contribution in [-0.4, -0.2) is 143 Å². The number of hydrogen-bond acceptors (Lipinski definition) is 15. The molecule has 42 heavy (non-hydrogen) atoms. The number of ether oxygens (including phenoxy) is 3. The first kappa shape index (κ1) is 33.8. The Hall–Kier alpha value is -1.09. The molecule has 2 aliphatic heterocycles. The van der Waals surface area contributed by atoms with Gasteiger partial charge in [0.25, 0.3) is 0 Å². The Balaban J connectivity index is 1.49. The summed E-state index contributed by atoms with van der Waals surface area (Å²) in [6, 6.07) is -2.99. The molecule has 2 heterocycles. The molecular formula is C26H51N7O9. The second kappa shape index (κ2) is 14.8. The van der Waals surface area contributed by atoms with Crippen molar-refractivity contribution in [1.29, 1.82) is 0 Å². The molecule has 0 aromatic heterocycles. The monoisotopic (exact) mass is 605 g/mol. The van der Waals surface area contributed by atoms with Crippen molar-refractivity contribution in [2.24, 2.45) is 40.5 Å². The number of aliphatic hydroxyl groups excluding tert-OH is 5. The van der Waals surface area contributed by atoms with E-state index in [0.717, 1.165) is 25.8 Å². The van der Waals surface area contributed by atoms with Gasteiger partial charge in [-0.1, -0.05) is 0 Å². The molecule has 1 amide bonds. The second-order valence-electron chi connectivity index (χ2n) is 12.4. The molecule has 16 nitrogen and oxygen atoms in total. The van der Waals surface area contributed by atoms with E-state index >= 15 is 0 Å². The average molecular weight is 606 g/mol. The highest BCUT2D eigenvalue weighted by Gasteiger charge is 2.53. The zero-order valence-corrected chi connectivity index (χ0v) is 23.9. The van der Waals surface area contributed by atoms with E-state index in [0.29, 0.717) is 18.9 Å². The van der Waals surface area contributed by atoms with Gasteiger partial charge in [-0.3, -0.25) is 4.79 Å². The van der Waals surface area contributed by atoms with Crippen molar-refractivity contribution in [2.75, 3.05) is 26.2 Å². The number of hydrogen-bond donors (Lipinski definition) is 12. The standard InChI is InChI=1S/C26H51N7O9/c27-6-16(35)25(39)33-15-5-14(30)18(21(37)24(15)42-26-22(38)19(31)20(36)17(9-34)41-26)23-13(29)2-1-12(40-23)8-32-7-10-3-11(28)4-10/h10-24,26,32,34-38H,1-9,27-31H2,(H,33,39). The SMILES string of the molecule is NCC(O)C(=O)NC1CC(N)C(C2OC(CNCC3CC(N)C3)CCC2N)C(O)C1OC1OC(CO)C(O)C(N)C1O. The summed E-state index contributed by atoms with van der Waals surface area (Å²) in [4.78, 5) is 12.6. The van der Waals surface area contributed by atoms with Gasteiger partial charge in [0.05, 0.1) is 37.0 Å². The molecule has 2 aliphatic carbocycles. The summed E-state index contributed by atoms with van der Waals surface area (Å²) in [6.07, 6.45) is -6.92. The minimum atomic E-state index is -1.52. The van der Waals surface area contributed by atoms with Crippen molar-refractivity contribution in [2.45, 2.75) is 117 Å². The molecule has 0 aromatic rings. The van der Waals surface area contributed by atoms with Crippen LogP contribution < -0.4 is 39.3 Å². The molecule has 2 saturated heterocycles. The normalized spacial score (nSPS) is 47.0. The molecule has 4 fully saturated rings. The number of rotatable bonds is 11. The Morgan fingerprint density at radius 2 is 1.67 bits per heavy atom. The van der Waals surface area contributed by atoms with Crippen molar-refractivity contribution in [3.8, 4) is 0 Å². The Bertz CT molecular complexity index is 872. The fourth-order valence-electron chi connectivity index (χ4n) is 6.68. The lowest BCUT2D eigenvalue weighted by Gasteiger charge is -2.51. The Morgan fingerprint density at radius 1 is 0.952 bits per heavy atom. The highest BCUT2D eigenvalue weighted by atomic mass is 16.7. The lowest BCUT2D eigenvalue weighted by atomic mass is 9.72. The van der Waals surface area contributed by atoms with Crippen LogP contribution in [0.4, 0.5) is 0 Å². The van der Waals surface area contributed by atoms with Gasteiger partial charge in [0.2, 0.25) is 5.91 Å². The van der Waals surface area contributed by atoms with Gasteiger partial charge >= 0.3 is 0 Å². The number of carbonyl (C=O) groups excluding carboxylic acids is 1. The van der Waals surface area contributed by atoms with E-state index in [1.807, 2.05) is 0 Å². The Morgan fingerprint density at radius 3 is 2.31 bits per heavy atom. The molecule has 2 saturated carbocycles. The van der Waals surface area contributed by atoms with Gasteiger partial charge in [-0.2, -0.15) is 0 Å². The Kier molecular flexibility index (Phi) is 11.9. The summed E-state index contributed by atoms with van der Waals surface area (Å²) in [6.45, 7) is 0.522. The van der Waals surface area contributed by atoms with Crippen molar-refractivity contribution in [3.63, 3.8) is 0 Å². The fraction of sp³-hybridized carbons (Fsp3) is 0.962. The Labute approximate surface area is 245 Å². The average Bonchev–Trinajstić information content (AvgIpc) is 2.94. The van der Waals surface area contributed by atoms with Gasteiger partial charge in [-0.05, 0) is 44.6 Å². The number of amides is 1. The molecule has 16 heteroatoms. The van der Waals surface area contributed by atoms with Gasteiger partial charge < -0.3 is 79.0 Å². The minimum Gasteiger partial charge on any atom is -0.394 e. The zero-order valence-electron chi connectivity index (χ0n) is 23.9. The molecule has 0 aromatic carbocycles. The first-order valence-electron chi connectivity index (χ1n) is 15.0. The van der Waals surface area contributed by atoms with Crippen LogP contribution in [-0.2, 0) is 19.0 Å². The summed E-state index contributed by atoms with van der Waals surface area (Å²) in [5.41, 5.74) is 30.4. The minimum absolute atomic E-state index is 0.105. The summed E-state index contributed by atoms with van der Waals surface area (Å²) in [7, 11) is 0. The molecule has 14 unspecified atom stereocenters. The first-order valence-corrected chi connectivity index (χ1v) is 15.0. The predicted molar refractivity (Wildman–Crippen MR) is 149 cm³/mol. The number of aliphatic hydroxyl groups is 5. The summed E-state index contributed by atoms with van der Waals surface area (Å²) in [5.74, 6) is -0.961. The van der Waals surface area contributed by atoms with Gasteiger partial charge in [0, 0.05) is 37.1 Å². The lowest BCUT2D eigenvalue weighted by Crippen LogP contribution is -2.69. The number of nitrogens with two attached hydrogens (primary N) is 5. The summed E-state index contributed by atoms with van der Waals surface area (Å²) in [5, 5.41) is 58.4. The third-order valence-electron chi connectivity index (χ3n) is 9.28. The first-order chi connectivity index (χ1) is 19.9. The maximum absolute atomic E-state index is 12.6. The molecule has 244 valence electrons. The lowest BCUT2D eigenvalue weighted by molar-refractivity contribution is -0.306. The topological polar surface area (TPSA) is 300 Å². The van der Waals surface area contributed by atoms with Crippen LogP contribution in [0, 0.1) is 11.8 Å². The van der Waals surface area contributed by atoms with Crippen molar-refractivity contribution in [1.82, 2.24) is 10.6 Å². The molecule has 0 spiro atoms. The highest BCUT2D eigenvalue weighted by molar-refractivity contribution is 5.81. The van der Waals surface area contributed by atoms with Crippen LogP contribution in [0.25, 0.3) is 0 Å². The van der Waals surface area contributed by atoms with E-state index in [1.165, 1.54) is 0 Å². The van der Waals surface area contributed by atoms with E-state index in [1.54, 1.807) is 0 Å². The van der Waals surface area contributed by atoms with E-state index in [9.17, 15) is 30.3 Å². The van der Waals surface area contributed by atoms with E-state index in [4.69, 9.17) is 42.9 Å². The molecule has 0 bridgehead atoms. The molecular weight excluding hydrogens is 554 g/mol. The summed E-state index contributed by atoms with van der Waals surface area (Å²) >= 11 is 0. The van der Waals surface area contributed by atoms with Crippen LogP contribution in [0.3, 0.4) is 0 Å². The van der Waals surface area contributed by atoms with Crippen molar-refractivity contribution >= 4 is 5.91 Å². The van der Waals surface area contributed by atoms with Crippen LogP contribution >= 0.6 is 0 Å². The quantitative estimate of drug-likeness (QED) is 0.104. The van der Waals surface area contributed by atoms with Crippen LogP contribution in [0.1, 0.15) is 32.1 Å². The van der Waals surface area contributed by atoms with E-state index in [2.05, 4.69) is 10.6 Å². The van der Waals surface area contributed by atoms with Gasteiger partial charge in [-0.15, -0.1) is 0 Å². The molecule has 0 radical (unpaired) electrons. The third kappa shape index (κ3) is 7.58.